The molecule has 0 saturated heterocycles. The molecule has 0 amide bonds. The average Bonchev–Trinajstić information content (AvgIpc) is 2.77. The fourth-order valence-electron chi connectivity index (χ4n) is 1.27. The number of H-pyrrole nitrogens is 1. The second-order valence-corrected chi connectivity index (χ2v) is 5.99. The van der Waals surface area contributed by atoms with Gasteiger partial charge in [-0.2, -0.15) is 5.10 Å². The van der Waals surface area contributed by atoms with Gasteiger partial charge in [0.15, 0.2) is 5.03 Å². The normalized spacial score (nSPS) is 11.9. The van der Waals surface area contributed by atoms with E-state index < -0.39 is 26.6 Å². The number of carboxylic acid groups (broad SMARTS) is 1. The lowest BCUT2D eigenvalue weighted by molar-refractivity contribution is 0.0692. The Morgan fingerprint density at radius 2 is 2.26 bits per heavy atom. The van der Waals surface area contributed by atoms with Crippen LogP contribution in [0.15, 0.2) is 11.2 Å². The number of hydrogen-bond donors (Lipinski definition) is 3. The van der Waals surface area contributed by atoms with Crippen molar-refractivity contribution in [2.45, 2.75) is 18.9 Å². The van der Waals surface area contributed by atoms with Crippen molar-refractivity contribution in [2.75, 3.05) is 19.8 Å². The summed E-state index contributed by atoms with van der Waals surface area (Å²) in [6, 6.07) is 0. The molecule has 19 heavy (non-hydrogen) atoms. The predicted molar refractivity (Wildman–Crippen MR) is 66.4 cm³/mol. The van der Waals surface area contributed by atoms with E-state index in [1.165, 1.54) is 0 Å². The van der Waals surface area contributed by atoms with Crippen molar-refractivity contribution in [1.29, 1.82) is 0 Å². The lowest BCUT2D eigenvalue weighted by atomic mass is 10.2. The van der Waals surface area contributed by atoms with Gasteiger partial charge >= 0.3 is 5.97 Å². The zero-order valence-corrected chi connectivity index (χ0v) is 11.5. The van der Waals surface area contributed by atoms with Gasteiger partial charge in [-0.15, -0.1) is 0 Å². The summed E-state index contributed by atoms with van der Waals surface area (Å²) in [7, 11) is -3.92. The minimum Gasteiger partial charge on any atom is -0.478 e. The lowest BCUT2D eigenvalue weighted by Gasteiger charge is -2.08. The molecule has 108 valence electrons. The van der Waals surface area contributed by atoms with Crippen LogP contribution in [0.5, 0.6) is 0 Å². The number of aromatic nitrogens is 2. The molecule has 0 saturated carbocycles. The third-order valence-corrected chi connectivity index (χ3v) is 3.53. The Morgan fingerprint density at radius 3 is 2.84 bits per heavy atom. The summed E-state index contributed by atoms with van der Waals surface area (Å²) in [5.74, 6) is -0.993. The van der Waals surface area contributed by atoms with E-state index in [0.29, 0.717) is 12.5 Å². The highest BCUT2D eigenvalue weighted by molar-refractivity contribution is 7.89. The van der Waals surface area contributed by atoms with Gasteiger partial charge in [-0.1, -0.05) is 13.8 Å². The fraction of sp³-hybridized carbons (Fsp3) is 0.600. The topological polar surface area (TPSA) is 121 Å². The molecule has 0 aliphatic heterocycles. The number of nitrogens with one attached hydrogen (secondary N) is 2. The molecular weight excluding hydrogens is 274 g/mol. The highest BCUT2D eigenvalue weighted by Gasteiger charge is 2.24. The van der Waals surface area contributed by atoms with Crippen LogP contribution in [0.25, 0.3) is 0 Å². The number of hydrogen-bond acceptors (Lipinski definition) is 5. The van der Waals surface area contributed by atoms with Crippen molar-refractivity contribution < 1.29 is 23.1 Å². The van der Waals surface area contributed by atoms with E-state index in [4.69, 9.17) is 9.84 Å². The molecule has 0 bridgehead atoms. The molecule has 0 unspecified atom stereocenters. The largest absolute Gasteiger partial charge is 0.478 e. The molecule has 0 aliphatic rings. The molecule has 0 aliphatic carbocycles. The van der Waals surface area contributed by atoms with Crippen LogP contribution in [0.4, 0.5) is 0 Å². The van der Waals surface area contributed by atoms with Gasteiger partial charge in [0.05, 0.1) is 12.8 Å². The van der Waals surface area contributed by atoms with Crippen molar-refractivity contribution in [3.05, 3.63) is 11.8 Å². The second-order valence-electron chi connectivity index (χ2n) is 4.28. The number of carbonyl (C=O) groups is 1. The zero-order chi connectivity index (χ0) is 14.5. The van der Waals surface area contributed by atoms with E-state index in [9.17, 15) is 13.2 Å². The monoisotopic (exact) mass is 291 g/mol. The molecular formula is C10H17N3O5S. The first kappa shape index (κ1) is 15.6. The maximum absolute atomic E-state index is 11.8. The molecule has 0 spiro atoms. The van der Waals surface area contributed by atoms with E-state index in [2.05, 4.69) is 14.9 Å². The van der Waals surface area contributed by atoms with Crippen molar-refractivity contribution in [2.24, 2.45) is 5.92 Å². The molecule has 1 aromatic rings. The minimum atomic E-state index is -3.92. The first-order chi connectivity index (χ1) is 8.84. The summed E-state index contributed by atoms with van der Waals surface area (Å²) in [6.07, 6.45) is 0.951. The summed E-state index contributed by atoms with van der Waals surface area (Å²) in [6.45, 7) is 4.77. The smallest absolute Gasteiger partial charge is 0.340 e. The molecule has 0 radical (unpaired) electrons. The lowest BCUT2D eigenvalue weighted by Crippen LogP contribution is -2.29. The molecule has 0 atom stereocenters. The van der Waals surface area contributed by atoms with Gasteiger partial charge < -0.3 is 9.84 Å². The molecule has 9 heteroatoms. The van der Waals surface area contributed by atoms with Crippen LogP contribution < -0.4 is 4.72 Å². The average molecular weight is 291 g/mol. The van der Waals surface area contributed by atoms with Crippen LogP contribution in [-0.4, -0.2) is 49.4 Å². The standard InChI is InChI=1S/C10H17N3O5S/c1-7(2)6-18-4-3-12-19(16,17)9-8(10(14)15)5-11-13-9/h5,7,12H,3-4,6H2,1-2H3,(H,11,13)(H,14,15). The van der Waals surface area contributed by atoms with Gasteiger partial charge in [0.1, 0.15) is 5.56 Å². The maximum Gasteiger partial charge on any atom is 0.340 e. The number of sulfonamides is 1. The van der Waals surface area contributed by atoms with E-state index in [1.807, 2.05) is 13.8 Å². The third kappa shape index (κ3) is 4.62. The highest BCUT2D eigenvalue weighted by Crippen LogP contribution is 2.11. The summed E-state index contributed by atoms with van der Waals surface area (Å²) in [5.41, 5.74) is -0.393. The predicted octanol–water partition coefficient (Wildman–Crippen LogP) is 0.0588. The van der Waals surface area contributed by atoms with E-state index in [-0.39, 0.29) is 13.2 Å². The number of nitrogens with zero attached hydrogens (tertiary/aromatic N) is 1. The number of carboxylic acids is 1. The van der Waals surface area contributed by atoms with E-state index >= 15 is 0 Å². The zero-order valence-electron chi connectivity index (χ0n) is 10.7. The van der Waals surface area contributed by atoms with Crippen LogP contribution in [0.3, 0.4) is 0 Å². The molecule has 1 rings (SSSR count). The molecule has 1 aromatic heterocycles. The SMILES string of the molecule is CC(C)COCCNS(=O)(=O)c1[nH]ncc1C(=O)O. The third-order valence-electron chi connectivity index (χ3n) is 2.09. The number of ether oxygens (including phenoxy) is 1. The number of aromatic carboxylic acids is 1. The quantitative estimate of drug-likeness (QED) is 0.582. The number of aromatic amines is 1. The fourth-order valence-corrected chi connectivity index (χ4v) is 2.37. The van der Waals surface area contributed by atoms with E-state index in [1.54, 1.807) is 0 Å². The van der Waals surface area contributed by atoms with Gasteiger partial charge in [-0.05, 0) is 5.92 Å². The molecule has 3 N–H and O–H groups in total. The van der Waals surface area contributed by atoms with Crippen LogP contribution in [0.2, 0.25) is 0 Å². The van der Waals surface area contributed by atoms with Crippen LogP contribution in [0, 0.1) is 5.92 Å². The Morgan fingerprint density at radius 1 is 1.58 bits per heavy atom. The van der Waals surface area contributed by atoms with Gasteiger partial charge in [0.25, 0.3) is 10.0 Å². The first-order valence-electron chi connectivity index (χ1n) is 5.68. The molecule has 8 nitrogen and oxygen atoms in total. The Hall–Kier alpha value is -1.45. The minimum absolute atomic E-state index is 0.0626. The second kappa shape index (κ2) is 6.64. The van der Waals surface area contributed by atoms with Crippen molar-refractivity contribution in [3.8, 4) is 0 Å². The van der Waals surface area contributed by atoms with Gasteiger partial charge in [0.2, 0.25) is 0 Å². The van der Waals surface area contributed by atoms with Gasteiger partial charge in [0, 0.05) is 13.2 Å². The Balaban J connectivity index is 2.57. The van der Waals surface area contributed by atoms with Crippen LogP contribution in [0.1, 0.15) is 24.2 Å². The summed E-state index contributed by atoms with van der Waals surface area (Å²) >= 11 is 0. The molecule has 0 fully saturated rings. The van der Waals surface area contributed by atoms with Crippen molar-refractivity contribution in [3.63, 3.8) is 0 Å². The van der Waals surface area contributed by atoms with E-state index in [0.717, 1.165) is 6.20 Å². The van der Waals surface area contributed by atoms with Crippen molar-refractivity contribution >= 4 is 16.0 Å². The Bertz CT molecular complexity index is 523. The summed E-state index contributed by atoms with van der Waals surface area (Å²) in [5, 5.41) is 13.9. The maximum atomic E-state index is 11.8. The summed E-state index contributed by atoms with van der Waals surface area (Å²) < 4.78 is 31.1. The highest BCUT2D eigenvalue weighted by atomic mass is 32.2. The number of rotatable bonds is 8. The summed E-state index contributed by atoms with van der Waals surface area (Å²) in [4.78, 5) is 10.8. The Kier molecular flexibility index (Phi) is 5.45. The van der Waals surface area contributed by atoms with Gasteiger partial charge in [-0.3, -0.25) is 5.10 Å². The van der Waals surface area contributed by atoms with Gasteiger partial charge in [-0.25, -0.2) is 17.9 Å². The van der Waals surface area contributed by atoms with Crippen LogP contribution in [-0.2, 0) is 14.8 Å². The Labute approximate surface area is 111 Å². The molecule has 1 heterocycles. The van der Waals surface area contributed by atoms with Crippen molar-refractivity contribution in [1.82, 2.24) is 14.9 Å². The van der Waals surface area contributed by atoms with Crippen LogP contribution >= 0.6 is 0 Å². The molecule has 0 aromatic carbocycles. The first-order valence-corrected chi connectivity index (χ1v) is 7.17.